The van der Waals surface area contributed by atoms with Crippen molar-refractivity contribution in [3.05, 3.63) is 76.8 Å². The average molecular weight is 413 g/mol. The average Bonchev–Trinajstić information content (AvgIpc) is 3.32. The molecule has 2 aromatic heterocycles. The highest BCUT2D eigenvalue weighted by molar-refractivity contribution is 5.91. The first-order valence-electron chi connectivity index (χ1n) is 9.58. The number of H-pyrrole nitrogens is 1. The molecule has 2 amide bonds. The van der Waals surface area contributed by atoms with Crippen LogP contribution in [-0.2, 0) is 17.8 Å². The number of furan rings is 1. The summed E-state index contributed by atoms with van der Waals surface area (Å²) in [5.41, 5.74) is 3.17. The van der Waals surface area contributed by atoms with Gasteiger partial charge in [-0.1, -0.05) is 0 Å². The van der Waals surface area contributed by atoms with E-state index in [1.807, 2.05) is 13.8 Å². The number of urea groups is 1. The molecule has 0 aliphatic rings. The maximum atomic E-state index is 13.2. The zero-order valence-electron chi connectivity index (χ0n) is 17.1. The Balaban J connectivity index is 1.85. The number of hydrogen-bond acceptors (Lipinski definition) is 4. The minimum atomic E-state index is -0.433. The maximum Gasteiger partial charge on any atom is 0.355 e. The molecule has 30 heavy (non-hydrogen) atoms. The summed E-state index contributed by atoms with van der Waals surface area (Å²) >= 11 is 0. The van der Waals surface area contributed by atoms with Crippen LogP contribution in [0.1, 0.15) is 40.0 Å². The highest BCUT2D eigenvalue weighted by atomic mass is 19.1. The fraction of sp³-hybridized carbons (Fsp3) is 0.273. The van der Waals surface area contributed by atoms with Gasteiger partial charge in [0.2, 0.25) is 0 Å². The van der Waals surface area contributed by atoms with E-state index in [1.165, 1.54) is 30.5 Å². The molecule has 0 saturated carbocycles. The summed E-state index contributed by atoms with van der Waals surface area (Å²) in [5, 5.41) is 2.77. The van der Waals surface area contributed by atoms with Crippen LogP contribution in [0.25, 0.3) is 0 Å². The van der Waals surface area contributed by atoms with Gasteiger partial charge in [0.25, 0.3) is 0 Å². The molecule has 8 heteroatoms. The van der Waals surface area contributed by atoms with Crippen LogP contribution in [0.15, 0.2) is 47.1 Å². The van der Waals surface area contributed by atoms with E-state index in [2.05, 4.69) is 10.3 Å². The number of benzene rings is 1. The van der Waals surface area contributed by atoms with E-state index in [9.17, 15) is 14.0 Å². The molecule has 2 N–H and O–H groups in total. The number of ether oxygens (including phenoxy) is 1. The standard InChI is InChI=1S/C22H24FN3O4/c1-4-29-21(27)20-14(2)19(15(3)24-20)13-26(12-18-6-5-11-30-18)22(28)25-17-9-7-16(23)8-10-17/h5-11,24H,4,12-13H2,1-3H3,(H,25,28). The van der Waals surface area contributed by atoms with Crippen LogP contribution in [0.4, 0.5) is 14.9 Å². The Morgan fingerprint density at radius 3 is 2.53 bits per heavy atom. The largest absolute Gasteiger partial charge is 0.467 e. The van der Waals surface area contributed by atoms with Crippen LogP contribution in [0, 0.1) is 19.7 Å². The second kappa shape index (κ2) is 9.30. The first kappa shape index (κ1) is 21.2. The Bertz CT molecular complexity index is 1010. The molecule has 0 aliphatic heterocycles. The van der Waals surface area contributed by atoms with Crippen molar-refractivity contribution in [2.24, 2.45) is 0 Å². The fourth-order valence-corrected chi connectivity index (χ4v) is 3.15. The number of carbonyl (C=O) groups excluding carboxylic acids is 2. The zero-order chi connectivity index (χ0) is 21.7. The minimum absolute atomic E-state index is 0.221. The normalized spacial score (nSPS) is 10.7. The van der Waals surface area contributed by atoms with Crippen LogP contribution >= 0.6 is 0 Å². The van der Waals surface area contributed by atoms with Gasteiger partial charge in [-0.2, -0.15) is 0 Å². The summed E-state index contributed by atoms with van der Waals surface area (Å²) in [5.74, 6) is -0.205. The summed E-state index contributed by atoms with van der Waals surface area (Å²) in [4.78, 5) is 29.8. The second-order valence-corrected chi connectivity index (χ2v) is 6.82. The van der Waals surface area contributed by atoms with Crippen molar-refractivity contribution in [2.45, 2.75) is 33.9 Å². The van der Waals surface area contributed by atoms with Crippen molar-refractivity contribution < 1.29 is 23.1 Å². The maximum absolute atomic E-state index is 13.2. The molecule has 0 spiro atoms. The third kappa shape index (κ3) is 4.89. The number of aromatic nitrogens is 1. The molecule has 1 aromatic carbocycles. The predicted octanol–water partition coefficient (Wildman–Crippen LogP) is 4.77. The van der Waals surface area contributed by atoms with Crippen LogP contribution < -0.4 is 5.32 Å². The molecule has 3 aromatic rings. The Morgan fingerprint density at radius 1 is 1.17 bits per heavy atom. The van der Waals surface area contributed by atoms with Gasteiger partial charge >= 0.3 is 12.0 Å². The van der Waals surface area contributed by atoms with Crippen molar-refractivity contribution in [3.63, 3.8) is 0 Å². The van der Waals surface area contributed by atoms with Gasteiger partial charge in [-0.05, 0) is 68.3 Å². The number of esters is 1. The van der Waals surface area contributed by atoms with Gasteiger partial charge in [-0.25, -0.2) is 14.0 Å². The van der Waals surface area contributed by atoms with E-state index in [1.54, 1.807) is 24.0 Å². The van der Waals surface area contributed by atoms with Gasteiger partial charge < -0.3 is 24.4 Å². The van der Waals surface area contributed by atoms with Crippen molar-refractivity contribution in [3.8, 4) is 0 Å². The van der Waals surface area contributed by atoms with E-state index in [4.69, 9.17) is 9.15 Å². The van der Waals surface area contributed by atoms with Gasteiger partial charge in [0.1, 0.15) is 17.3 Å². The Kier molecular flexibility index (Phi) is 6.56. The van der Waals surface area contributed by atoms with Gasteiger partial charge in [0, 0.05) is 17.9 Å². The molecule has 0 atom stereocenters. The van der Waals surface area contributed by atoms with Gasteiger partial charge in [0.05, 0.1) is 19.4 Å². The number of halogens is 1. The second-order valence-electron chi connectivity index (χ2n) is 6.82. The van der Waals surface area contributed by atoms with Crippen molar-refractivity contribution in [2.75, 3.05) is 11.9 Å². The molecule has 0 saturated heterocycles. The van der Waals surface area contributed by atoms with E-state index in [-0.39, 0.29) is 31.5 Å². The van der Waals surface area contributed by atoms with Crippen LogP contribution in [0.2, 0.25) is 0 Å². The molecular weight excluding hydrogens is 389 g/mol. The smallest absolute Gasteiger partial charge is 0.355 e. The lowest BCUT2D eigenvalue weighted by Gasteiger charge is -2.23. The lowest BCUT2D eigenvalue weighted by Crippen LogP contribution is -2.34. The molecular formula is C22H24FN3O4. The van der Waals surface area contributed by atoms with Crippen molar-refractivity contribution in [1.29, 1.82) is 0 Å². The highest BCUT2D eigenvalue weighted by Crippen LogP contribution is 2.22. The number of rotatable bonds is 7. The lowest BCUT2D eigenvalue weighted by molar-refractivity contribution is 0.0519. The van der Waals surface area contributed by atoms with Crippen molar-refractivity contribution >= 4 is 17.7 Å². The van der Waals surface area contributed by atoms with Crippen LogP contribution in [0.5, 0.6) is 0 Å². The topological polar surface area (TPSA) is 87.6 Å². The van der Waals surface area contributed by atoms with E-state index in [0.29, 0.717) is 17.1 Å². The third-order valence-corrected chi connectivity index (χ3v) is 4.73. The monoisotopic (exact) mass is 413 g/mol. The summed E-state index contributed by atoms with van der Waals surface area (Å²) in [6, 6.07) is 8.68. The number of aryl methyl sites for hydroxylation is 1. The quantitative estimate of drug-likeness (QED) is 0.546. The number of nitrogens with zero attached hydrogens (tertiary/aromatic N) is 1. The first-order chi connectivity index (χ1) is 14.4. The molecule has 0 unspecified atom stereocenters. The molecule has 0 fully saturated rings. The van der Waals surface area contributed by atoms with Gasteiger partial charge in [0.15, 0.2) is 0 Å². The number of nitrogens with one attached hydrogen (secondary N) is 2. The predicted molar refractivity (Wildman–Crippen MR) is 110 cm³/mol. The van der Waals surface area contributed by atoms with E-state index < -0.39 is 5.97 Å². The molecule has 0 aliphatic carbocycles. The van der Waals surface area contributed by atoms with Gasteiger partial charge in [-0.15, -0.1) is 0 Å². The minimum Gasteiger partial charge on any atom is -0.467 e. The van der Waals surface area contributed by atoms with Crippen molar-refractivity contribution in [1.82, 2.24) is 9.88 Å². The van der Waals surface area contributed by atoms with Crippen LogP contribution in [-0.4, -0.2) is 28.5 Å². The zero-order valence-corrected chi connectivity index (χ0v) is 17.1. The SMILES string of the molecule is CCOC(=O)c1[nH]c(C)c(CN(Cc2ccco2)C(=O)Nc2ccc(F)cc2)c1C. The fourth-order valence-electron chi connectivity index (χ4n) is 3.15. The lowest BCUT2D eigenvalue weighted by atomic mass is 10.1. The molecule has 2 heterocycles. The molecule has 3 rings (SSSR count). The Morgan fingerprint density at radius 2 is 1.90 bits per heavy atom. The summed E-state index contributed by atoms with van der Waals surface area (Å²) in [6.07, 6.45) is 1.54. The number of aromatic amines is 1. The Hall–Kier alpha value is -3.55. The summed E-state index contributed by atoms with van der Waals surface area (Å²) in [7, 11) is 0. The molecule has 0 radical (unpaired) electrons. The summed E-state index contributed by atoms with van der Waals surface area (Å²) < 4.78 is 23.7. The third-order valence-electron chi connectivity index (χ3n) is 4.73. The summed E-state index contributed by atoms with van der Waals surface area (Å²) in [6.45, 7) is 6.13. The van der Waals surface area contributed by atoms with Crippen LogP contribution in [0.3, 0.4) is 0 Å². The number of hydrogen-bond donors (Lipinski definition) is 2. The van der Waals surface area contributed by atoms with E-state index in [0.717, 1.165) is 16.8 Å². The van der Waals surface area contributed by atoms with Gasteiger partial charge in [-0.3, -0.25) is 0 Å². The molecule has 7 nitrogen and oxygen atoms in total. The molecule has 0 bridgehead atoms. The number of carbonyl (C=O) groups is 2. The first-order valence-corrected chi connectivity index (χ1v) is 9.58. The highest BCUT2D eigenvalue weighted by Gasteiger charge is 2.23. The van der Waals surface area contributed by atoms with E-state index >= 15 is 0 Å². The number of amides is 2. The Labute approximate surface area is 173 Å². The number of anilines is 1. The molecule has 158 valence electrons.